The van der Waals surface area contributed by atoms with E-state index in [1.54, 1.807) is 13.3 Å². The summed E-state index contributed by atoms with van der Waals surface area (Å²) in [5, 5.41) is 0.655. The van der Waals surface area contributed by atoms with Gasteiger partial charge >= 0.3 is 0 Å². The van der Waals surface area contributed by atoms with Crippen LogP contribution >= 0.6 is 11.6 Å². The average Bonchev–Trinajstić information content (AvgIpc) is 2.39. The molecule has 0 aliphatic carbocycles. The number of benzene rings is 1. The molecule has 1 aromatic heterocycles. The molecule has 0 unspecified atom stereocenters. The zero-order chi connectivity index (χ0) is 13.0. The van der Waals surface area contributed by atoms with Gasteiger partial charge in [0, 0.05) is 19.8 Å². The minimum absolute atomic E-state index is 0.655. The molecule has 2 rings (SSSR count). The fourth-order valence-electron chi connectivity index (χ4n) is 1.78. The number of anilines is 1. The molecule has 3 nitrogen and oxygen atoms in total. The molecule has 18 heavy (non-hydrogen) atoms. The summed E-state index contributed by atoms with van der Waals surface area (Å²) in [6.45, 7) is 0.730. The molecule has 0 spiro atoms. The maximum atomic E-state index is 6.12. The van der Waals surface area contributed by atoms with E-state index in [4.69, 9.17) is 16.3 Å². The third-order valence-corrected chi connectivity index (χ3v) is 2.95. The van der Waals surface area contributed by atoms with E-state index in [2.05, 4.69) is 11.1 Å². The van der Waals surface area contributed by atoms with Crippen LogP contribution in [-0.2, 0) is 6.54 Å². The summed E-state index contributed by atoms with van der Waals surface area (Å²) in [5.41, 5.74) is 1.15. The first kappa shape index (κ1) is 12.7. The average molecular weight is 263 g/mol. The van der Waals surface area contributed by atoms with Crippen molar-refractivity contribution in [3.63, 3.8) is 0 Å². The summed E-state index contributed by atoms with van der Waals surface area (Å²) in [7, 11) is 3.63. The van der Waals surface area contributed by atoms with Crippen LogP contribution in [0.5, 0.6) is 5.75 Å². The number of methoxy groups -OCH3 is 1. The van der Waals surface area contributed by atoms with Gasteiger partial charge in [0.2, 0.25) is 0 Å². The Morgan fingerprint density at radius 3 is 2.83 bits per heavy atom. The number of aromatic nitrogens is 1. The van der Waals surface area contributed by atoms with Crippen LogP contribution in [0.1, 0.15) is 5.56 Å². The zero-order valence-corrected chi connectivity index (χ0v) is 11.2. The lowest BCUT2D eigenvalue weighted by Crippen LogP contribution is -2.17. The summed E-state index contributed by atoms with van der Waals surface area (Å²) in [6.07, 6.45) is 1.74. The largest absolute Gasteiger partial charge is 0.497 e. The van der Waals surface area contributed by atoms with Gasteiger partial charge in [0.05, 0.1) is 12.1 Å². The number of hydrogen-bond acceptors (Lipinski definition) is 3. The lowest BCUT2D eigenvalue weighted by atomic mass is 10.2. The summed E-state index contributed by atoms with van der Waals surface area (Å²) in [4.78, 5) is 6.29. The van der Waals surface area contributed by atoms with Crippen molar-refractivity contribution in [3.05, 3.63) is 53.2 Å². The van der Waals surface area contributed by atoms with E-state index < -0.39 is 0 Å². The molecule has 0 N–H and O–H groups in total. The van der Waals surface area contributed by atoms with Gasteiger partial charge in [-0.1, -0.05) is 23.7 Å². The molecule has 94 valence electrons. The summed E-state index contributed by atoms with van der Waals surface area (Å²) >= 11 is 6.12. The van der Waals surface area contributed by atoms with E-state index in [1.165, 1.54) is 0 Å². The van der Waals surface area contributed by atoms with Gasteiger partial charge < -0.3 is 9.64 Å². The molecule has 1 aromatic carbocycles. The van der Waals surface area contributed by atoms with Crippen LogP contribution in [0.25, 0.3) is 0 Å². The third-order valence-electron chi connectivity index (χ3n) is 2.65. The van der Waals surface area contributed by atoms with Crippen molar-refractivity contribution < 1.29 is 4.74 Å². The topological polar surface area (TPSA) is 25.4 Å². The first-order chi connectivity index (χ1) is 8.70. The summed E-state index contributed by atoms with van der Waals surface area (Å²) in [5.74, 6) is 1.63. The minimum Gasteiger partial charge on any atom is -0.497 e. The van der Waals surface area contributed by atoms with Gasteiger partial charge in [-0.2, -0.15) is 0 Å². The molecular weight excluding hydrogens is 248 g/mol. The molecule has 2 aromatic rings. The van der Waals surface area contributed by atoms with Crippen molar-refractivity contribution in [2.24, 2.45) is 0 Å². The summed E-state index contributed by atoms with van der Waals surface area (Å²) < 4.78 is 5.21. The highest BCUT2D eigenvalue weighted by atomic mass is 35.5. The standard InChI is InChI=1S/C14H15ClN2O/c1-17(14-13(15)7-4-8-16-14)10-11-5-3-6-12(9-11)18-2/h3-9H,10H2,1-2H3. The smallest absolute Gasteiger partial charge is 0.147 e. The Kier molecular flexibility index (Phi) is 4.05. The second-order valence-corrected chi connectivity index (χ2v) is 4.42. The molecule has 0 aliphatic rings. The van der Waals surface area contributed by atoms with E-state index in [0.717, 1.165) is 23.7 Å². The molecule has 0 amide bonds. The summed E-state index contributed by atoms with van der Waals surface area (Å²) in [6, 6.07) is 11.6. The lowest BCUT2D eigenvalue weighted by molar-refractivity contribution is 0.414. The molecule has 0 aliphatic heterocycles. The highest BCUT2D eigenvalue weighted by Gasteiger charge is 2.07. The van der Waals surface area contributed by atoms with Gasteiger partial charge in [0.1, 0.15) is 11.6 Å². The van der Waals surface area contributed by atoms with Crippen LogP contribution in [0.3, 0.4) is 0 Å². The van der Waals surface area contributed by atoms with E-state index in [0.29, 0.717) is 5.02 Å². The fourth-order valence-corrected chi connectivity index (χ4v) is 2.04. The highest BCUT2D eigenvalue weighted by molar-refractivity contribution is 6.32. The molecular formula is C14H15ClN2O. The number of rotatable bonds is 4. The van der Waals surface area contributed by atoms with Crippen molar-refractivity contribution in [2.75, 3.05) is 19.1 Å². The van der Waals surface area contributed by atoms with Crippen molar-refractivity contribution >= 4 is 17.4 Å². The van der Waals surface area contributed by atoms with Crippen LogP contribution in [-0.4, -0.2) is 19.1 Å². The van der Waals surface area contributed by atoms with Crippen LogP contribution in [0.2, 0.25) is 5.02 Å². The SMILES string of the molecule is COc1cccc(CN(C)c2ncccc2Cl)c1. The van der Waals surface area contributed by atoms with Gasteiger partial charge in [-0.25, -0.2) is 4.98 Å². The molecule has 4 heteroatoms. The predicted octanol–water partition coefficient (Wildman–Crippen LogP) is 3.38. The Bertz CT molecular complexity index is 531. The highest BCUT2D eigenvalue weighted by Crippen LogP contribution is 2.23. The third kappa shape index (κ3) is 2.93. The Labute approximate surface area is 112 Å². The van der Waals surface area contributed by atoms with Crippen LogP contribution in [0.15, 0.2) is 42.6 Å². The molecule has 1 heterocycles. The molecule has 0 saturated carbocycles. The zero-order valence-electron chi connectivity index (χ0n) is 10.4. The Balaban J connectivity index is 2.16. The van der Waals surface area contributed by atoms with E-state index in [1.807, 2.05) is 42.3 Å². The minimum atomic E-state index is 0.655. The van der Waals surface area contributed by atoms with Crippen molar-refractivity contribution in [2.45, 2.75) is 6.54 Å². The van der Waals surface area contributed by atoms with E-state index in [9.17, 15) is 0 Å². The fraction of sp³-hybridized carbons (Fsp3) is 0.214. The van der Waals surface area contributed by atoms with Crippen LogP contribution < -0.4 is 9.64 Å². The number of hydrogen-bond donors (Lipinski definition) is 0. The second-order valence-electron chi connectivity index (χ2n) is 4.02. The maximum Gasteiger partial charge on any atom is 0.147 e. The normalized spacial score (nSPS) is 10.2. The molecule has 0 atom stereocenters. The number of pyridine rings is 1. The monoisotopic (exact) mass is 262 g/mol. The molecule has 0 saturated heterocycles. The Morgan fingerprint density at radius 2 is 2.11 bits per heavy atom. The first-order valence-electron chi connectivity index (χ1n) is 5.65. The van der Waals surface area contributed by atoms with Gasteiger partial charge in [-0.3, -0.25) is 0 Å². The van der Waals surface area contributed by atoms with E-state index in [-0.39, 0.29) is 0 Å². The Morgan fingerprint density at radius 1 is 1.28 bits per heavy atom. The quantitative estimate of drug-likeness (QED) is 0.845. The second kappa shape index (κ2) is 5.74. The number of ether oxygens (including phenoxy) is 1. The van der Waals surface area contributed by atoms with E-state index >= 15 is 0 Å². The van der Waals surface area contributed by atoms with Gasteiger partial charge in [0.15, 0.2) is 0 Å². The van der Waals surface area contributed by atoms with Gasteiger partial charge in [0.25, 0.3) is 0 Å². The van der Waals surface area contributed by atoms with Crippen LogP contribution in [0, 0.1) is 0 Å². The predicted molar refractivity (Wildman–Crippen MR) is 74.3 cm³/mol. The van der Waals surface area contributed by atoms with Gasteiger partial charge in [-0.15, -0.1) is 0 Å². The van der Waals surface area contributed by atoms with Crippen molar-refractivity contribution in [1.29, 1.82) is 0 Å². The number of halogens is 1. The van der Waals surface area contributed by atoms with Crippen LogP contribution in [0.4, 0.5) is 5.82 Å². The Hall–Kier alpha value is -1.74. The number of nitrogens with zero attached hydrogens (tertiary/aromatic N) is 2. The molecule has 0 radical (unpaired) electrons. The lowest BCUT2D eigenvalue weighted by Gasteiger charge is -2.19. The first-order valence-corrected chi connectivity index (χ1v) is 6.03. The van der Waals surface area contributed by atoms with Crippen molar-refractivity contribution in [3.8, 4) is 5.75 Å². The molecule has 0 bridgehead atoms. The van der Waals surface area contributed by atoms with Crippen molar-refractivity contribution in [1.82, 2.24) is 4.98 Å². The molecule has 0 fully saturated rings. The maximum absolute atomic E-state index is 6.12. The van der Waals surface area contributed by atoms with Gasteiger partial charge in [-0.05, 0) is 29.8 Å².